The molecule has 204 valence electrons. The van der Waals surface area contributed by atoms with Crippen LogP contribution in [-0.2, 0) is 25.4 Å². The van der Waals surface area contributed by atoms with Gasteiger partial charge in [0.05, 0.1) is 18.0 Å². The number of aryl methyl sites for hydroxylation is 2. The normalized spacial score (nSPS) is 11.2. The number of nitrogens with zero attached hydrogens (tertiary/aromatic N) is 7. The number of anilines is 1. The fourth-order valence-corrected chi connectivity index (χ4v) is 4.98. The Balaban J connectivity index is 1.39. The summed E-state index contributed by atoms with van der Waals surface area (Å²) in [5.41, 5.74) is 5.71. The van der Waals surface area contributed by atoms with Crippen molar-refractivity contribution in [3.05, 3.63) is 91.7 Å². The first-order valence-electron chi connectivity index (χ1n) is 11.8. The topological polar surface area (TPSA) is 165 Å². The second kappa shape index (κ2) is 10.8. The number of nitrogens with one attached hydrogen (secondary N) is 1. The van der Waals surface area contributed by atoms with Crippen molar-refractivity contribution in [2.45, 2.75) is 11.7 Å². The first-order chi connectivity index (χ1) is 19.2. The molecule has 3 aromatic heterocycles. The molecule has 13 nitrogen and oxygen atoms in total. The van der Waals surface area contributed by atoms with Crippen LogP contribution in [-0.4, -0.2) is 51.2 Å². The van der Waals surface area contributed by atoms with Gasteiger partial charge in [0.1, 0.15) is 0 Å². The number of carbonyl (C=O) groups excluding carboxylic acids is 2. The van der Waals surface area contributed by atoms with Gasteiger partial charge in [-0.15, -0.1) is 15.0 Å². The van der Waals surface area contributed by atoms with Crippen LogP contribution in [0.1, 0.15) is 16.1 Å². The quantitative estimate of drug-likeness (QED) is 0.261. The maximum atomic E-state index is 13.3. The number of aromatic nitrogens is 7. The molecule has 0 bridgehead atoms. The highest BCUT2D eigenvalue weighted by atomic mass is 35.5. The SMILES string of the molecule is Cn1c(SCC(=O)Nc2nn(-c3ccccc3)nc2C(N)=O)nc2c1c(=O)n(Cc1ccccc1Cl)c(=O)n2C. The number of carbonyl (C=O) groups is 2. The second-order valence-electron chi connectivity index (χ2n) is 8.67. The standard InChI is InChI=1S/C25H22ClN9O4S/c1-32-19-22(33(2)25(39)34(23(19)38)12-14-8-6-7-11-16(14)26)29-24(32)40-13-17(36)28-21-18(20(27)37)30-35(31-21)15-9-4-3-5-10-15/h3-11H,12-13H2,1-2H3,(H2,27,37)(H,28,31,36). The van der Waals surface area contributed by atoms with Crippen LogP contribution < -0.4 is 22.3 Å². The number of rotatable bonds is 8. The smallest absolute Gasteiger partial charge is 0.332 e. The van der Waals surface area contributed by atoms with Crippen LogP contribution in [0.2, 0.25) is 5.02 Å². The minimum atomic E-state index is -0.852. The summed E-state index contributed by atoms with van der Waals surface area (Å²) in [4.78, 5) is 56.7. The number of hydrogen-bond donors (Lipinski definition) is 2. The molecule has 40 heavy (non-hydrogen) atoms. The van der Waals surface area contributed by atoms with Gasteiger partial charge >= 0.3 is 5.69 Å². The second-order valence-corrected chi connectivity index (χ2v) is 10.0. The number of primary amides is 1. The lowest BCUT2D eigenvalue weighted by atomic mass is 10.2. The minimum absolute atomic E-state index is 0.0109. The third-order valence-corrected chi connectivity index (χ3v) is 7.43. The Hall–Kier alpha value is -4.69. The molecule has 3 heterocycles. The van der Waals surface area contributed by atoms with Gasteiger partial charge in [0.25, 0.3) is 11.5 Å². The molecule has 0 spiro atoms. The van der Waals surface area contributed by atoms with Gasteiger partial charge in [-0.2, -0.15) is 0 Å². The zero-order valence-corrected chi connectivity index (χ0v) is 22.8. The summed E-state index contributed by atoms with van der Waals surface area (Å²) in [6, 6.07) is 15.8. The minimum Gasteiger partial charge on any atom is -0.364 e. The molecular weight excluding hydrogens is 558 g/mol. The summed E-state index contributed by atoms with van der Waals surface area (Å²) >= 11 is 7.28. The van der Waals surface area contributed by atoms with E-state index in [0.717, 1.165) is 16.3 Å². The molecule has 0 aliphatic heterocycles. The fourth-order valence-electron chi connectivity index (χ4n) is 4.02. The largest absolute Gasteiger partial charge is 0.364 e. The third-order valence-electron chi connectivity index (χ3n) is 6.03. The summed E-state index contributed by atoms with van der Waals surface area (Å²) in [5.74, 6) is -1.59. The zero-order valence-electron chi connectivity index (χ0n) is 21.2. The van der Waals surface area contributed by atoms with E-state index in [0.29, 0.717) is 21.4 Å². The number of benzene rings is 2. The van der Waals surface area contributed by atoms with E-state index in [1.807, 2.05) is 6.07 Å². The number of hydrogen-bond acceptors (Lipinski definition) is 8. The Labute approximate surface area is 235 Å². The average Bonchev–Trinajstić information content (AvgIpc) is 3.51. The van der Waals surface area contributed by atoms with Crippen molar-refractivity contribution in [1.29, 1.82) is 0 Å². The monoisotopic (exact) mass is 579 g/mol. The summed E-state index contributed by atoms with van der Waals surface area (Å²) in [5, 5.41) is 11.6. The predicted octanol–water partition coefficient (Wildman–Crippen LogP) is 1.55. The molecule has 0 atom stereocenters. The molecule has 0 fully saturated rings. The van der Waals surface area contributed by atoms with Gasteiger partial charge in [-0.25, -0.2) is 9.78 Å². The summed E-state index contributed by atoms with van der Waals surface area (Å²) in [7, 11) is 3.14. The highest BCUT2D eigenvalue weighted by Crippen LogP contribution is 2.22. The van der Waals surface area contributed by atoms with Gasteiger partial charge in [0.2, 0.25) is 5.91 Å². The van der Waals surface area contributed by atoms with Crippen molar-refractivity contribution in [1.82, 2.24) is 33.7 Å². The maximum Gasteiger partial charge on any atom is 0.332 e. The molecule has 15 heteroatoms. The highest BCUT2D eigenvalue weighted by Gasteiger charge is 2.22. The molecule has 0 radical (unpaired) electrons. The van der Waals surface area contributed by atoms with Crippen LogP contribution in [0.4, 0.5) is 5.82 Å². The van der Waals surface area contributed by atoms with Gasteiger partial charge in [0.15, 0.2) is 27.8 Å². The molecule has 2 amide bonds. The molecule has 0 unspecified atom stereocenters. The Kier molecular flexibility index (Phi) is 7.28. The van der Waals surface area contributed by atoms with Crippen molar-refractivity contribution in [3.8, 4) is 5.69 Å². The van der Waals surface area contributed by atoms with E-state index in [-0.39, 0.29) is 35.0 Å². The maximum absolute atomic E-state index is 13.3. The van der Waals surface area contributed by atoms with Crippen molar-refractivity contribution in [2.75, 3.05) is 11.1 Å². The van der Waals surface area contributed by atoms with E-state index in [1.165, 1.54) is 21.0 Å². The third kappa shape index (κ3) is 5.01. The molecule has 0 aliphatic rings. The first-order valence-corrected chi connectivity index (χ1v) is 13.2. The Morgan fingerprint density at radius 3 is 2.40 bits per heavy atom. The van der Waals surface area contributed by atoms with Crippen molar-refractivity contribution in [3.63, 3.8) is 0 Å². The van der Waals surface area contributed by atoms with Crippen LogP contribution in [0.5, 0.6) is 0 Å². The number of nitrogens with two attached hydrogens (primary N) is 1. The van der Waals surface area contributed by atoms with E-state index >= 15 is 0 Å². The number of halogens is 1. The molecule has 0 saturated heterocycles. The van der Waals surface area contributed by atoms with E-state index < -0.39 is 23.1 Å². The molecular formula is C25H22ClN9O4S. The van der Waals surface area contributed by atoms with Crippen LogP contribution in [0.25, 0.3) is 16.9 Å². The highest BCUT2D eigenvalue weighted by molar-refractivity contribution is 7.99. The molecule has 0 aliphatic carbocycles. The van der Waals surface area contributed by atoms with E-state index in [9.17, 15) is 19.2 Å². The molecule has 5 rings (SSSR count). The lowest BCUT2D eigenvalue weighted by Gasteiger charge is -2.09. The van der Waals surface area contributed by atoms with Gasteiger partial charge < -0.3 is 15.6 Å². The Bertz CT molecular complexity index is 1890. The van der Waals surface area contributed by atoms with Crippen LogP contribution in [0.3, 0.4) is 0 Å². The Morgan fingerprint density at radius 1 is 1.00 bits per heavy atom. The van der Waals surface area contributed by atoms with E-state index in [2.05, 4.69) is 20.5 Å². The van der Waals surface area contributed by atoms with Crippen LogP contribution >= 0.6 is 23.4 Å². The van der Waals surface area contributed by atoms with E-state index in [1.54, 1.807) is 55.6 Å². The molecule has 3 N–H and O–H groups in total. The fraction of sp³-hybridized carbons (Fsp3) is 0.160. The molecule has 0 saturated carbocycles. The number of amides is 2. The predicted molar refractivity (Wildman–Crippen MR) is 150 cm³/mol. The van der Waals surface area contributed by atoms with Gasteiger partial charge in [0, 0.05) is 19.1 Å². The summed E-state index contributed by atoms with van der Waals surface area (Å²) in [6.07, 6.45) is 0. The Morgan fingerprint density at radius 2 is 1.70 bits per heavy atom. The number of imidazole rings is 1. The van der Waals surface area contributed by atoms with Crippen molar-refractivity contribution < 1.29 is 9.59 Å². The van der Waals surface area contributed by atoms with Gasteiger partial charge in [-0.3, -0.25) is 23.5 Å². The molecule has 5 aromatic rings. The first kappa shape index (κ1) is 26.9. The van der Waals surface area contributed by atoms with Crippen LogP contribution in [0.15, 0.2) is 69.3 Å². The number of thioether (sulfide) groups is 1. The molecule has 2 aromatic carbocycles. The number of fused-ring (bicyclic) bond motifs is 1. The van der Waals surface area contributed by atoms with Crippen molar-refractivity contribution in [2.24, 2.45) is 19.8 Å². The summed E-state index contributed by atoms with van der Waals surface area (Å²) in [6.45, 7) is -0.0109. The van der Waals surface area contributed by atoms with Crippen LogP contribution in [0, 0.1) is 0 Å². The van der Waals surface area contributed by atoms with Gasteiger partial charge in [-0.05, 0) is 23.8 Å². The van der Waals surface area contributed by atoms with Crippen molar-refractivity contribution >= 4 is 52.2 Å². The lowest BCUT2D eigenvalue weighted by molar-refractivity contribution is -0.113. The van der Waals surface area contributed by atoms with E-state index in [4.69, 9.17) is 17.3 Å². The average molecular weight is 580 g/mol. The zero-order chi connectivity index (χ0) is 28.6. The summed E-state index contributed by atoms with van der Waals surface area (Å²) < 4.78 is 3.89. The van der Waals surface area contributed by atoms with Gasteiger partial charge in [-0.1, -0.05) is 59.8 Å². The number of para-hydroxylation sites is 1. The lowest BCUT2D eigenvalue weighted by Crippen LogP contribution is -2.39.